The van der Waals surface area contributed by atoms with Crippen molar-refractivity contribution >= 4 is 50.5 Å². The number of carbonyl (C=O) groups is 1. The van der Waals surface area contributed by atoms with Gasteiger partial charge in [-0.15, -0.1) is 0 Å². The molecule has 0 spiro atoms. The van der Waals surface area contributed by atoms with Gasteiger partial charge in [-0.1, -0.05) is 42.3 Å². The van der Waals surface area contributed by atoms with Gasteiger partial charge in [0.05, 0.1) is 22.0 Å². The Bertz CT molecular complexity index is 868. The monoisotopic (exact) mass is 400 g/mol. The standard InChI is InChI=1S/C17H18Cl2N2O3S/c1-3-12-4-7-14(8-5-12)21(25(2,23)24)11-17(22)20-13-6-9-15(18)16(19)10-13/h4-10H,3,11H2,1-2H3,(H,20,22). The number of halogens is 2. The van der Waals surface area contributed by atoms with Crippen molar-refractivity contribution in [1.29, 1.82) is 0 Å². The average Bonchev–Trinajstić information content (AvgIpc) is 2.55. The smallest absolute Gasteiger partial charge is 0.245 e. The number of sulfonamides is 1. The number of hydrogen-bond donors (Lipinski definition) is 1. The van der Waals surface area contributed by atoms with E-state index < -0.39 is 15.9 Å². The molecule has 0 saturated heterocycles. The largest absolute Gasteiger partial charge is 0.324 e. The van der Waals surface area contributed by atoms with Crippen molar-refractivity contribution in [3.63, 3.8) is 0 Å². The molecule has 0 fully saturated rings. The normalized spacial score (nSPS) is 11.2. The van der Waals surface area contributed by atoms with Crippen molar-refractivity contribution < 1.29 is 13.2 Å². The number of benzene rings is 2. The number of anilines is 2. The van der Waals surface area contributed by atoms with Crippen molar-refractivity contribution in [3.8, 4) is 0 Å². The predicted octanol–water partition coefficient (Wildman–Crippen LogP) is 3.96. The molecule has 0 saturated carbocycles. The van der Waals surface area contributed by atoms with Crippen LogP contribution >= 0.6 is 23.2 Å². The third kappa shape index (κ3) is 5.36. The summed E-state index contributed by atoms with van der Waals surface area (Å²) in [4.78, 5) is 12.3. The molecule has 0 heterocycles. The van der Waals surface area contributed by atoms with Crippen LogP contribution in [-0.2, 0) is 21.2 Å². The minimum atomic E-state index is -3.61. The minimum absolute atomic E-state index is 0.301. The first-order valence-electron chi connectivity index (χ1n) is 7.52. The van der Waals surface area contributed by atoms with E-state index >= 15 is 0 Å². The van der Waals surface area contributed by atoms with Gasteiger partial charge in [0.2, 0.25) is 15.9 Å². The van der Waals surface area contributed by atoms with Crippen LogP contribution < -0.4 is 9.62 Å². The summed E-state index contributed by atoms with van der Waals surface area (Å²) in [6.45, 7) is 1.67. The fourth-order valence-electron chi connectivity index (χ4n) is 2.20. The van der Waals surface area contributed by atoms with Crippen LogP contribution in [0.4, 0.5) is 11.4 Å². The minimum Gasteiger partial charge on any atom is -0.324 e. The molecule has 5 nitrogen and oxygen atoms in total. The molecule has 2 aromatic carbocycles. The number of carbonyl (C=O) groups excluding carboxylic acids is 1. The highest BCUT2D eigenvalue weighted by Gasteiger charge is 2.21. The number of aryl methyl sites for hydroxylation is 1. The van der Waals surface area contributed by atoms with Gasteiger partial charge in [0.15, 0.2) is 0 Å². The molecular formula is C17H18Cl2N2O3S. The highest BCUT2D eigenvalue weighted by atomic mass is 35.5. The Morgan fingerprint density at radius 1 is 1.08 bits per heavy atom. The predicted molar refractivity (Wildman–Crippen MR) is 103 cm³/mol. The second-order valence-electron chi connectivity index (χ2n) is 5.47. The molecule has 0 bridgehead atoms. The molecular weight excluding hydrogens is 383 g/mol. The van der Waals surface area contributed by atoms with Crippen molar-refractivity contribution in [2.45, 2.75) is 13.3 Å². The van der Waals surface area contributed by atoms with Gasteiger partial charge in [-0.25, -0.2) is 8.42 Å². The topological polar surface area (TPSA) is 66.5 Å². The molecule has 1 N–H and O–H groups in total. The molecule has 134 valence electrons. The first-order valence-corrected chi connectivity index (χ1v) is 10.1. The molecule has 2 rings (SSSR count). The first-order chi connectivity index (χ1) is 11.7. The molecule has 0 aliphatic rings. The van der Waals surface area contributed by atoms with Crippen molar-refractivity contribution in [2.24, 2.45) is 0 Å². The molecule has 25 heavy (non-hydrogen) atoms. The lowest BCUT2D eigenvalue weighted by atomic mass is 10.1. The summed E-state index contributed by atoms with van der Waals surface area (Å²) in [5.41, 5.74) is 1.95. The van der Waals surface area contributed by atoms with E-state index in [4.69, 9.17) is 23.2 Å². The number of nitrogens with one attached hydrogen (secondary N) is 1. The molecule has 8 heteroatoms. The Morgan fingerprint density at radius 2 is 1.72 bits per heavy atom. The fourth-order valence-corrected chi connectivity index (χ4v) is 3.36. The molecule has 1 amide bonds. The zero-order chi connectivity index (χ0) is 18.6. The maximum Gasteiger partial charge on any atom is 0.245 e. The maximum absolute atomic E-state index is 12.3. The van der Waals surface area contributed by atoms with Gasteiger partial charge in [0.25, 0.3) is 0 Å². The van der Waals surface area contributed by atoms with Gasteiger partial charge in [0, 0.05) is 5.69 Å². The summed E-state index contributed by atoms with van der Waals surface area (Å²) in [5, 5.41) is 3.29. The second-order valence-corrected chi connectivity index (χ2v) is 8.19. The summed E-state index contributed by atoms with van der Waals surface area (Å²) >= 11 is 11.7. The van der Waals surface area contributed by atoms with Gasteiger partial charge >= 0.3 is 0 Å². The van der Waals surface area contributed by atoms with E-state index in [1.54, 1.807) is 24.3 Å². The third-order valence-corrected chi connectivity index (χ3v) is 5.40. The van der Waals surface area contributed by atoms with Crippen LogP contribution in [0.1, 0.15) is 12.5 Å². The third-order valence-electron chi connectivity index (χ3n) is 3.52. The van der Waals surface area contributed by atoms with Gasteiger partial charge < -0.3 is 5.32 Å². The molecule has 0 aromatic heterocycles. The van der Waals surface area contributed by atoms with Crippen LogP contribution in [0.15, 0.2) is 42.5 Å². The number of amides is 1. The van der Waals surface area contributed by atoms with Crippen LogP contribution in [-0.4, -0.2) is 27.1 Å². The Labute approximate surface area is 157 Å². The summed E-state index contributed by atoms with van der Waals surface area (Å²) in [7, 11) is -3.61. The van der Waals surface area contributed by atoms with Gasteiger partial charge in [-0.2, -0.15) is 0 Å². The number of rotatable bonds is 6. The van der Waals surface area contributed by atoms with Gasteiger partial charge in [-0.3, -0.25) is 9.10 Å². The highest BCUT2D eigenvalue weighted by Crippen LogP contribution is 2.25. The second kappa shape index (κ2) is 8.08. The van der Waals surface area contributed by atoms with E-state index in [0.717, 1.165) is 22.5 Å². The van der Waals surface area contributed by atoms with E-state index in [-0.39, 0.29) is 6.54 Å². The molecule has 0 aliphatic heterocycles. The lowest BCUT2D eigenvalue weighted by molar-refractivity contribution is -0.114. The average molecular weight is 401 g/mol. The van der Waals surface area contributed by atoms with Crippen LogP contribution in [0, 0.1) is 0 Å². The molecule has 0 atom stereocenters. The Balaban J connectivity index is 2.18. The van der Waals surface area contributed by atoms with Gasteiger partial charge in [0.1, 0.15) is 6.54 Å². The molecule has 0 aliphatic carbocycles. The number of hydrogen-bond acceptors (Lipinski definition) is 3. The summed E-state index contributed by atoms with van der Waals surface area (Å²) in [6, 6.07) is 11.7. The lowest BCUT2D eigenvalue weighted by Crippen LogP contribution is -2.37. The first kappa shape index (κ1) is 19.6. The van der Waals surface area contributed by atoms with Crippen molar-refractivity contribution in [3.05, 3.63) is 58.1 Å². The van der Waals surface area contributed by atoms with E-state index in [1.165, 1.54) is 6.07 Å². The van der Waals surface area contributed by atoms with E-state index in [1.807, 2.05) is 19.1 Å². The zero-order valence-corrected chi connectivity index (χ0v) is 16.1. The molecule has 0 radical (unpaired) electrons. The van der Waals surface area contributed by atoms with E-state index in [9.17, 15) is 13.2 Å². The molecule has 2 aromatic rings. The van der Waals surface area contributed by atoms with E-state index in [2.05, 4.69) is 5.32 Å². The fraction of sp³-hybridized carbons (Fsp3) is 0.235. The van der Waals surface area contributed by atoms with E-state index in [0.29, 0.717) is 21.4 Å². The summed E-state index contributed by atoms with van der Waals surface area (Å²) < 4.78 is 25.2. The molecule has 0 unspecified atom stereocenters. The quantitative estimate of drug-likeness (QED) is 0.797. The van der Waals surface area contributed by atoms with Crippen LogP contribution in [0.2, 0.25) is 10.0 Å². The number of nitrogens with zero attached hydrogens (tertiary/aromatic N) is 1. The van der Waals surface area contributed by atoms with Crippen LogP contribution in [0.5, 0.6) is 0 Å². The SMILES string of the molecule is CCc1ccc(N(CC(=O)Nc2ccc(Cl)c(Cl)c2)S(C)(=O)=O)cc1. The maximum atomic E-state index is 12.3. The highest BCUT2D eigenvalue weighted by molar-refractivity contribution is 7.92. The zero-order valence-electron chi connectivity index (χ0n) is 13.8. The van der Waals surface area contributed by atoms with Crippen molar-refractivity contribution in [1.82, 2.24) is 0 Å². The summed E-state index contributed by atoms with van der Waals surface area (Å²) in [6.07, 6.45) is 1.91. The van der Waals surface area contributed by atoms with Crippen molar-refractivity contribution in [2.75, 3.05) is 22.4 Å². The summed E-state index contributed by atoms with van der Waals surface area (Å²) in [5.74, 6) is -0.483. The van der Waals surface area contributed by atoms with Crippen LogP contribution in [0.25, 0.3) is 0 Å². The Kier molecular flexibility index (Phi) is 6.32. The van der Waals surface area contributed by atoms with Gasteiger partial charge in [-0.05, 0) is 42.3 Å². The van der Waals surface area contributed by atoms with Crippen LogP contribution in [0.3, 0.4) is 0 Å². The Hall–Kier alpha value is -1.76. The lowest BCUT2D eigenvalue weighted by Gasteiger charge is -2.22. The Morgan fingerprint density at radius 3 is 2.24 bits per heavy atom.